The van der Waals surface area contributed by atoms with Crippen LogP contribution in [0.5, 0.6) is 0 Å². The zero-order valence-corrected chi connectivity index (χ0v) is 13.6. The molecule has 0 aliphatic carbocycles. The van der Waals surface area contributed by atoms with Crippen LogP contribution >= 0.6 is 0 Å². The van der Waals surface area contributed by atoms with Gasteiger partial charge < -0.3 is 0 Å². The summed E-state index contributed by atoms with van der Waals surface area (Å²) >= 11 is 0. The van der Waals surface area contributed by atoms with Gasteiger partial charge in [0.25, 0.3) is 0 Å². The van der Waals surface area contributed by atoms with Crippen LogP contribution in [0.25, 0.3) is 0 Å². The average molecular weight is 268 g/mol. The fraction of sp³-hybridized carbons (Fsp3) is 0.400. The molecule has 2 rings (SSSR count). The molecule has 2 aromatic rings. The highest BCUT2D eigenvalue weighted by molar-refractivity contribution is 5.39. The summed E-state index contributed by atoms with van der Waals surface area (Å²) < 4.78 is 0. The Kier molecular flexibility index (Phi) is 7.08. The van der Waals surface area contributed by atoms with E-state index in [4.69, 9.17) is 0 Å². The molecule has 20 heavy (non-hydrogen) atoms. The summed E-state index contributed by atoms with van der Waals surface area (Å²) in [6, 6.07) is 17.3. The van der Waals surface area contributed by atoms with Gasteiger partial charge in [-0.3, -0.25) is 0 Å². The van der Waals surface area contributed by atoms with E-state index in [-0.39, 0.29) is 0 Å². The zero-order valence-electron chi connectivity index (χ0n) is 13.6. The molecule has 0 N–H and O–H groups in total. The largest absolute Gasteiger partial charge is 0.0654 e. The minimum atomic E-state index is 0.474. The van der Waals surface area contributed by atoms with Crippen molar-refractivity contribution >= 4 is 0 Å². The van der Waals surface area contributed by atoms with Crippen molar-refractivity contribution < 1.29 is 0 Å². The van der Waals surface area contributed by atoms with Gasteiger partial charge in [-0.1, -0.05) is 82.1 Å². The number of aryl methyl sites for hydroxylation is 2. The maximum Gasteiger partial charge on any atom is 0.00662 e. The molecule has 0 atom stereocenters. The van der Waals surface area contributed by atoms with Gasteiger partial charge in [-0.2, -0.15) is 0 Å². The molecule has 0 aliphatic heterocycles. The summed E-state index contributed by atoms with van der Waals surface area (Å²) in [4.78, 5) is 0. The van der Waals surface area contributed by atoms with E-state index in [0.717, 1.165) is 0 Å². The van der Waals surface area contributed by atoms with Crippen molar-refractivity contribution in [3.63, 3.8) is 0 Å². The molecule has 0 unspecified atom stereocenters. The van der Waals surface area contributed by atoms with Crippen LogP contribution in [0.1, 0.15) is 61.8 Å². The van der Waals surface area contributed by atoms with Crippen LogP contribution in [-0.2, 0) is 0 Å². The van der Waals surface area contributed by atoms with Crippen molar-refractivity contribution in [3.8, 4) is 0 Å². The molecule has 0 bridgehead atoms. The van der Waals surface area contributed by atoms with E-state index in [1.807, 2.05) is 0 Å². The molecule has 0 saturated heterocycles. The first-order chi connectivity index (χ1) is 9.61. The van der Waals surface area contributed by atoms with E-state index in [1.165, 1.54) is 35.1 Å². The lowest BCUT2D eigenvalue weighted by Crippen LogP contribution is -2.00. The average Bonchev–Trinajstić information content (AvgIpc) is 2.48. The smallest absolute Gasteiger partial charge is 0.00662 e. The maximum absolute atomic E-state index is 2.28. The Bertz CT molecular complexity index is 463. The van der Waals surface area contributed by atoms with E-state index < -0.39 is 0 Å². The molecular weight excluding hydrogens is 240 g/mol. The van der Waals surface area contributed by atoms with Gasteiger partial charge in [0.05, 0.1) is 0 Å². The summed E-state index contributed by atoms with van der Waals surface area (Å²) in [6.45, 7) is 11.0. The fourth-order valence-electron chi connectivity index (χ4n) is 2.31. The molecule has 0 aromatic heterocycles. The van der Waals surface area contributed by atoms with Crippen molar-refractivity contribution in [2.24, 2.45) is 0 Å². The van der Waals surface area contributed by atoms with Crippen LogP contribution < -0.4 is 0 Å². The third-order valence-corrected chi connectivity index (χ3v) is 3.81. The highest BCUT2D eigenvalue weighted by atomic mass is 14.2. The quantitative estimate of drug-likeness (QED) is 0.616. The second kappa shape index (κ2) is 8.58. The molecule has 2 aromatic carbocycles. The second-order valence-electron chi connectivity index (χ2n) is 5.43. The lowest BCUT2D eigenvalue weighted by atomic mass is 9.88. The Morgan fingerprint density at radius 3 is 1.35 bits per heavy atom. The predicted molar refractivity (Wildman–Crippen MR) is 90.5 cm³/mol. The Balaban J connectivity index is 0.000000444. The number of hydrogen-bond acceptors (Lipinski definition) is 0. The van der Waals surface area contributed by atoms with Crippen LogP contribution in [0.4, 0.5) is 0 Å². The summed E-state index contributed by atoms with van der Waals surface area (Å²) in [7, 11) is 0. The van der Waals surface area contributed by atoms with E-state index in [9.17, 15) is 0 Å². The third-order valence-electron chi connectivity index (χ3n) is 3.81. The molecule has 108 valence electrons. The van der Waals surface area contributed by atoms with Gasteiger partial charge in [-0.05, 0) is 36.1 Å². The molecule has 0 heterocycles. The summed E-state index contributed by atoms with van der Waals surface area (Å²) in [5, 5.41) is 0. The van der Waals surface area contributed by atoms with E-state index >= 15 is 0 Å². The van der Waals surface area contributed by atoms with Crippen molar-refractivity contribution in [3.05, 3.63) is 70.8 Å². The van der Waals surface area contributed by atoms with Gasteiger partial charge in [-0.25, -0.2) is 0 Å². The van der Waals surface area contributed by atoms with Crippen LogP contribution in [0.3, 0.4) is 0 Å². The van der Waals surface area contributed by atoms with Crippen LogP contribution in [-0.4, -0.2) is 0 Å². The lowest BCUT2D eigenvalue weighted by Gasteiger charge is -2.17. The summed E-state index contributed by atoms with van der Waals surface area (Å²) in [6.07, 6.45) is 2.64. The first kappa shape index (κ1) is 16.5. The first-order valence-electron chi connectivity index (χ1n) is 7.72. The summed E-state index contributed by atoms with van der Waals surface area (Å²) in [5.41, 5.74) is 5.60. The maximum atomic E-state index is 2.28. The molecule has 0 fully saturated rings. The Labute approximate surface area is 124 Å². The second-order valence-corrected chi connectivity index (χ2v) is 5.43. The number of benzene rings is 2. The van der Waals surface area contributed by atoms with Crippen molar-refractivity contribution in [1.29, 1.82) is 0 Å². The fourth-order valence-corrected chi connectivity index (χ4v) is 2.31. The SMILES string of the molecule is CCCC.Cc1ccccc1C(C)c1ccccc1C. The molecule has 0 spiro atoms. The normalized spacial score (nSPS) is 10.1. The number of hydrogen-bond donors (Lipinski definition) is 0. The standard InChI is InChI=1S/C16H18.C4H10/c1-12-8-4-6-10-15(12)14(3)16-11-7-5-9-13(16)2;1-3-4-2/h4-11,14H,1-3H3;3-4H2,1-2H3. The van der Waals surface area contributed by atoms with Crippen molar-refractivity contribution in [1.82, 2.24) is 0 Å². The minimum absolute atomic E-state index is 0.474. The molecular formula is C20H28. The van der Waals surface area contributed by atoms with Crippen LogP contribution in [0.15, 0.2) is 48.5 Å². The monoisotopic (exact) mass is 268 g/mol. The Morgan fingerprint density at radius 2 is 1.05 bits per heavy atom. The van der Waals surface area contributed by atoms with E-state index in [2.05, 4.69) is 83.1 Å². The molecule has 0 saturated carbocycles. The first-order valence-corrected chi connectivity index (χ1v) is 7.72. The zero-order chi connectivity index (χ0) is 15.0. The topological polar surface area (TPSA) is 0 Å². The van der Waals surface area contributed by atoms with E-state index in [0.29, 0.717) is 5.92 Å². The Hall–Kier alpha value is -1.56. The molecule has 0 aliphatic rings. The molecule has 0 nitrogen and oxygen atoms in total. The van der Waals surface area contributed by atoms with Gasteiger partial charge in [0.15, 0.2) is 0 Å². The number of rotatable bonds is 3. The predicted octanol–water partition coefficient (Wildman–Crippen LogP) is 6.26. The molecule has 0 heteroatoms. The highest BCUT2D eigenvalue weighted by Crippen LogP contribution is 2.28. The van der Waals surface area contributed by atoms with Crippen molar-refractivity contribution in [2.75, 3.05) is 0 Å². The Morgan fingerprint density at radius 1 is 0.700 bits per heavy atom. The minimum Gasteiger partial charge on any atom is -0.0654 e. The molecule has 0 amide bonds. The van der Waals surface area contributed by atoms with Crippen LogP contribution in [0.2, 0.25) is 0 Å². The lowest BCUT2D eigenvalue weighted by molar-refractivity contribution is 0.886. The van der Waals surface area contributed by atoms with Crippen LogP contribution in [0, 0.1) is 13.8 Å². The van der Waals surface area contributed by atoms with Gasteiger partial charge >= 0.3 is 0 Å². The van der Waals surface area contributed by atoms with Gasteiger partial charge in [0.1, 0.15) is 0 Å². The highest BCUT2D eigenvalue weighted by Gasteiger charge is 2.11. The summed E-state index contributed by atoms with van der Waals surface area (Å²) in [5.74, 6) is 0.474. The van der Waals surface area contributed by atoms with Gasteiger partial charge in [0.2, 0.25) is 0 Å². The molecule has 0 radical (unpaired) electrons. The third kappa shape index (κ3) is 4.52. The van der Waals surface area contributed by atoms with Gasteiger partial charge in [-0.15, -0.1) is 0 Å². The van der Waals surface area contributed by atoms with Crippen molar-refractivity contribution in [2.45, 2.75) is 53.4 Å². The van der Waals surface area contributed by atoms with Gasteiger partial charge in [0, 0.05) is 5.92 Å². The number of unbranched alkanes of at least 4 members (excludes halogenated alkanes) is 1. The van der Waals surface area contributed by atoms with E-state index in [1.54, 1.807) is 0 Å².